The first-order chi connectivity index (χ1) is 34.6. The van der Waals surface area contributed by atoms with Gasteiger partial charge in [0.25, 0.3) is 11.3 Å². The van der Waals surface area contributed by atoms with Gasteiger partial charge in [0.05, 0.1) is 32.8 Å². The van der Waals surface area contributed by atoms with Crippen LogP contribution < -0.4 is 13.9 Å². The Balaban J connectivity index is 1.03. The zero-order valence-electron chi connectivity index (χ0n) is 38.1. The van der Waals surface area contributed by atoms with E-state index in [4.69, 9.17) is 4.74 Å². The first-order valence-electron chi connectivity index (χ1n) is 24.3. The van der Waals surface area contributed by atoms with Crippen LogP contribution in [0.25, 0.3) is 121 Å². The summed E-state index contributed by atoms with van der Waals surface area (Å²) in [6.07, 6.45) is 7.12. The average molecular weight is 895 g/mol. The van der Waals surface area contributed by atoms with Gasteiger partial charge in [-0.05, 0) is 97.8 Å². The molecule has 9 aromatic carbocycles. The van der Waals surface area contributed by atoms with E-state index in [0.717, 1.165) is 22.9 Å². The molecule has 3 aliphatic rings. The van der Waals surface area contributed by atoms with Gasteiger partial charge in [0.2, 0.25) is 0 Å². The van der Waals surface area contributed by atoms with Crippen molar-refractivity contribution in [1.29, 1.82) is 0 Å². The summed E-state index contributed by atoms with van der Waals surface area (Å²) in [7, 11) is 0. The number of ether oxygens (including phenoxy) is 1. The number of nitrogens with zero attached hydrogens (tertiary/aromatic N) is 6. The number of aromatic nitrogens is 6. The van der Waals surface area contributed by atoms with Gasteiger partial charge in [0.15, 0.2) is 5.69 Å². The summed E-state index contributed by atoms with van der Waals surface area (Å²) in [5.41, 5.74) is 18.3. The number of benzene rings is 9. The summed E-state index contributed by atoms with van der Waals surface area (Å²) in [6.45, 7) is 4.53. The number of fused-ring (bicyclic) bond motifs is 12. The van der Waals surface area contributed by atoms with Crippen molar-refractivity contribution >= 4 is 98.3 Å². The molecule has 1 atom stereocenters. The second-order valence-electron chi connectivity index (χ2n) is 19.8. The molecule has 18 rings (SSSR count). The molecule has 6 aromatic heterocycles. The highest BCUT2D eigenvalue weighted by atomic mass is 16.5. The van der Waals surface area contributed by atoms with E-state index in [1.54, 1.807) is 0 Å². The summed E-state index contributed by atoms with van der Waals surface area (Å²) in [5, 5.41) is 12.3. The SMILES string of the molecule is Cc1cccc(C)c1-c1c[n+]2c3c4c5c(ccc4c4cc6c7ccccc7n(-c7ccccc7)c6cc4n13)Oc1ccc3c4cc6c7ccccc7n(-c7ccccc7)c6cc4n4cc[n+]6c4c3c1C562. The predicted octanol–water partition coefficient (Wildman–Crippen LogP) is 13.9. The number of rotatable bonds is 3. The number of para-hydroxylation sites is 4. The molecular formula is C63H38N6O+2. The fourth-order valence-corrected chi connectivity index (χ4v) is 14.0. The summed E-state index contributed by atoms with van der Waals surface area (Å²) in [4.78, 5) is 0. The van der Waals surface area contributed by atoms with Crippen LogP contribution in [0.3, 0.4) is 0 Å². The van der Waals surface area contributed by atoms with Crippen molar-refractivity contribution in [2.24, 2.45) is 0 Å². The molecule has 1 spiro atoms. The third-order valence-corrected chi connectivity index (χ3v) is 16.6. The monoisotopic (exact) mass is 894 g/mol. The van der Waals surface area contributed by atoms with E-state index in [9.17, 15) is 0 Å². The molecule has 70 heavy (non-hydrogen) atoms. The van der Waals surface area contributed by atoms with Gasteiger partial charge in [-0.3, -0.25) is 0 Å². The van der Waals surface area contributed by atoms with Crippen molar-refractivity contribution in [3.8, 4) is 34.1 Å². The summed E-state index contributed by atoms with van der Waals surface area (Å²) < 4.78 is 22.4. The Labute approximate surface area is 398 Å². The minimum atomic E-state index is -0.771. The Kier molecular flexibility index (Phi) is 6.11. The summed E-state index contributed by atoms with van der Waals surface area (Å²) in [5.74, 6) is 1.80. The van der Waals surface area contributed by atoms with Gasteiger partial charge < -0.3 is 13.9 Å². The van der Waals surface area contributed by atoms with Gasteiger partial charge in [-0.25, -0.2) is 0 Å². The summed E-state index contributed by atoms with van der Waals surface area (Å²) >= 11 is 0. The zero-order chi connectivity index (χ0) is 45.5. The Morgan fingerprint density at radius 3 is 1.57 bits per heavy atom. The largest absolute Gasteiger partial charge is 0.456 e. The second-order valence-corrected chi connectivity index (χ2v) is 19.8. The van der Waals surface area contributed by atoms with Crippen molar-refractivity contribution in [2.75, 3.05) is 0 Å². The van der Waals surface area contributed by atoms with Gasteiger partial charge >= 0.3 is 5.66 Å². The first kappa shape index (κ1) is 35.9. The molecule has 15 aromatic rings. The maximum atomic E-state index is 7.23. The molecule has 1 unspecified atom stereocenters. The summed E-state index contributed by atoms with van der Waals surface area (Å²) in [6, 6.07) is 65.0. The van der Waals surface area contributed by atoms with E-state index >= 15 is 0 Å². The third-order valence-electron chi connectivity index (χ3n) is 16.6. The Morgan fingerprint density at radius 1 is 0.429 bits per heavy atom. The number of hydrogen-bond acceptors (Lipinski definition) is 1. The molecule has 0 aliphatic carbocycles. The topological polar surface area (TPSA) is 35.7 Å². The molecule has 324 valence electrons. The van der Waals surface area contributed by atoms with E-state index < -0.39 is 5.66 Å². The highest BCUT2D eigenvalue weighted by Crippen LogP contribution is 2.58. The lowest BCUT2D eigenvalue weighted by molar-refractivity contribution is -0.944. The molecule has 0 saturated carbocycles. The van der Waals surface area contributed by atoms with Crippen molar-refractivity contribution < 1.29 is 13.9 Å². The van der Waals surface area contributed by atoms with E-state index in [1.165, 1.54) is 132 Å². The fourth-order valence-electron chi connectivity index (χ4n) is 14.0. The quantitative estimate of drug-likeness (QED) is 0.129. The van der Waals surface area contributed by atoms with Gasteiger partial charge in [-0.2, -0.15) is 17.9 Å². The molecule has 3 aliphatic heterocycles. The van der Waals surface area contributed by atoms with Crippen LogP contribution in [0.2, 0.25) is 0 Å². The second kappa shape index (κ2) is 11.9. The molecule has 0 bridgehead atoms. The Bertz CT molecular complexity index is 4970. The van der Waals surface area contributed by atoms with Gasteiger partial charge in [-0.1, -0.05) is 91.0 Å². The Morgan fingerprint density at radius 2 is 0.957 bits per heavy atom. The van der Waals surface area contributed by atoms with Crippen LogP contribution in [0, 0.1) is 13.8 Å². The molecule has 0 saturated heterocycles. The molecular weight excluding hydrogens is 857 g/mol. The van der Waals surface area contributed by atoms with Crippen molar-refractivity contribution in [3.05, 3.63) is 217 Å². The van der Waals surface area contributed by atoms with Crippen LogP contribution in [0.15, 0.2) is 195 Å². The lowest BCUT2D eigenvalue weighted by Gasteiger charge is -2.30. The van der Waals surface area contributed by atoms with Crippen molar-refractivity contribution in [1.82, 2.24) is 17.9 Å². The van der Waals surface area contributed by atoms with Gasteiger partial charge in [0.1, 0.15) is 52.2 Å². The number of pyridine rings is 2. The van der Waals surface area contributed by atoms with E-state index in [2.05, 4.69) is 235 Å². The number of imidazole rings is 2. The standard InChI is InChI=1S/C63H38N6O/c1-35-14-13-15-36(2)56(35)53-34-66-62-58-42(46-31-44-40-21-10-12-23-48(40)68(38-18-7-4-8-19-38)51(44)33-52(46)69(53)62)25-27-55-60(58)63(66)59-54(70-55)26-24-41-45-30-43-39-20-9-11-22-47(39)67(37-16-5-3-6-17-37)50(43)32-49(45)64-28-29-65(63)61(64)57(41)59/h3-34H,1-2H3/q+2. The maximum Gasteiger partial charge on any atom is 0.315 e. The normalized spacial score (nSPS) is 15.5. The smallest absolute Gasteiger partial charge is 0.315 e. The van der Waals surface area contributed by atoms with Crippen molar-refractivity contribution in [2.45, 2.75) is 19.5 Å². The third kappa shape index (κ3) is 3.85. The number of aryl methyl sites for hydroxylation is 2. The molecule has 0 amide bonds. The minimum absolute atomic E-state index is 0.771. The van der Waals surface area contributed by atoms with Crippen LogP contribution in [-0.2, 0) is 5.66 Å². The van der Waals surface area contributed by atoms with Crippen LogP contribution in [0.4, 0.5) is 0 Å². The van der Waals surface area contributed by atoms with Crippen LogP contribution in [0.5, 0.6) is 11.5 Å². The maximum absolute atomic E-state index is 7.23. The van der Waals surface area contributed by atoms with Crippen LogP contribution in [-0.4, -0.2) is 17.9 Å². The minimum Gasteiger partial charge on any atom is -0.456 e. The lowest BCUT2D eigenvalue weighted by atomic mass is 9.85. The van der Waals surface area contributed by atoms with Crippen molar-refractivity contribution in [3.63, 3.8) is 0 Å². The van der Waals surface area contributed by atoms with E-state index in [0.29, 0.717) is 0 Å². The lowest BCUT2D eigenvalue weighted by Crippen LogP contribution is -2.71. The highest BCUT2D eigenvalue weighted by Gasteiger charge is 2.65. The number of hydrogen-bond donors (Lipinski definition) is 0. The predicted molar refractivity (Wildman–Crippen MR) is 280 cm³/mol. The molecule has 0 radical (unpaired) electrons. The molecule has 0 fully saturated rings. The molecule has 9 heterocycles. The van der Waals surface area contributed by atoms with Gasteiger partial charge in [-0.15, -0.1) is 0 Å². The van der Waals surface area contributed by atoms with Crippen LogP contribution >= 0.6 is 0 Å². The highest BCUT2D eigenvalue weighted by molar-refractivity contribution is 6.23. The van der Waals surface area contributed by atoms with Gasteiger partial charge in [0, 0.05) is 72.2 Å². The Hall–Kier alpha value is -9.20. The zero-order valence-corrected chi connectivity index (χ0v) is 38.1. The molecule has 7 heteroatoms. The van der Waals surface area contributed by atoms with E-state index in [-0.39, 0.29) is 0 Å². The van der Waals surface area contributed by atoms with E-state index in [1.807, 2.05) is 0 Å². The molecule has 0 N–H and O–H groups in total. The van der Waals surface area contributed by atoms with Crippen LogP contribution in [0.1, 0.15) is 22.3 Å². The average Bonchev–Trinajstić information content (AvgIpc) is 4.27. The first-order valence-corrected chi connectivity index (χ1v) is 24.3. The molecule has 7 nitrogen and oxygen atoms in total. The fraction of sp³-hybridized carbons (Fsp3) is 0.0476.